The first-order chi connectivity index (χ1) is 15.1. The topological polar surface area (TPSA) is 9.23 Å². The van der Waals surface area contributed by atoms with E-state index in [2.05, 4.69) is 34.9 Å². The molecule has 0 rings (SSSR count). The summed E-state index contributed by atoms with van der Waals surface area (Å²) >= 11 is 0. The van der Waals surface area contributed by atoms with Crippen LogP contribution in [0, 0.1) is 0 Å². The number of hydrogen-bond donors (Lipinski definition) is 0. The molecule has 0 aliphatic carbocycles. The molecule has 32 heavy (non-hydrogen) atoms. The van der Waals surface area contributed by atoms with E-state index in [1.54, 1.807) is 0 Å². The van der Waals surface area contributed by atoms with Gasteiger partial charge in [-0.25, -0.2) is 0 Å². The van der Waals surface area contributed by atoms with Crippen LogP contribution in [0.25, 0.3) is 0 Å². The van der Waals surface area contributed by atoms with Gasteiger partial charge in [-0.15, -0.1) is 0 Å². The molecule has 0 N–H and O–H groups in total. The van der Waals surface area contributed by atoms with Gasteiger partial charge >= 0.3 is 0 Å². The van der Waals surface area contributed by atoms with E-state index < -0.39 is 0 Å². The van der Waals surface area contributed by atoms with Crippen molar-refractivity contribution in [2.24, 2.45) is 0 Å². The minimum Gasteiger partial charge on any atom is -1.00 e. The van der Waals surface area contributed by atoms with Crippen LogP contribution in [0.5, 0.6) is 0 Å². The summed E-state index contributed by atoms with van der Waals surface area (Å²) in [5.41, 5.74) is 0. The molecule has 0 aliphatic heterocycles. The van der Waals surface area contributed by atoms with Crippen molar-refractivity contribution in [3.05, 3.63) is 0 Å². The van der Waals surface area contributed by atoms with E-state index in [4.69, 9.17) is 4.74 Å². The molecule has 0 aromatic rings. The van der Waals surface area contributed by atoms with Crippen LogP contribution in [-0.2, 0) is 4.74 Å². The Balaban J connectivity index is 0. The zero-order valence-corrected chi connectivity index (χ0v) is 23.8. The van der Waals surface area contributed by atoms with Gasteiger partial charge in [-0.05, 0) is 19.3 Å². The first-order valence-electron chi connectivity index (χ1n) is 14.5. The van der Waals surface area contributed by atoms with Crippen LogP contribution >= 0.6 is 0 Å². The maximum Gasteiger partial charge on any atom is 0.192 e. The van der Waals surface area contributed by atoms with Gasteiger partial charge in [-0.3, -0.25) is 0 Å². The molecule has 0 fully saturated rings. The third-order valence-corrected chi connectivity index (χ3v) is 6.94. The molecule has 196 valence electrons. The molecule has 0 heterocycles. The Bertz CT molecular complexity index is 348. The SMILES string of the molecule is CCCCCCCCCCCCCCCCCCC(OCCCCC)[N+](C)(C)CCC.[Cl-]. The molecule has 0 bridgehead atoms. The number of ether oxygens (including phenoxy) is 1. The average Bonchev–Trinajstić information content (AvgIpc) is 2.74. The summed E-state index contributed by atoms with van der Waals surface area (Å²) in [5, 5.41) is 0. The number of unbranched alkanes of at least 4 members (excludes halogenated alkanes) is 17. The molecule has 1 atom stereocenters. The first kappa shape index (κ1) is 34.4. The molecule has 0 aliphatic rings. The van der Waals surface area contributed by atoms with E-state index in [0.29, 0.717) is 6.23 Å². The van der Waals surface area contributed by atoms with Crippen LogP contribution in [0.1, 0.15) is 156 Å². The molecule has 0 saturated heterocycles. The highest BCUT2D eigenvalue weighted by atomic mass is 35.5. The van der Waals surface area contributed by atoms with E-state index in [9.17, 15) is 0 Å². The molecule has 2 nitrogen and oxygen atoms in total. The fraction of sp³-hybridized carbons (Fsp3) is 1.00. The number of rotatable bonds is 25. The predicted octanol–water partition coefficient (Wildman–Crippen LogP) is 6.66. The summed E-state index contributed by atoms with van der Waals surface area (Å²) in [5.74, 6) is 0. The largest absolute Gasteiger partial charge is 1.00 e. The highest BCUT2D eigenvalue weighted by Gasteiger charge is 2.27. The Morgan fingerprint density at radius 2 is 0.875 bits per heavy atom. The lowest BCUT2D eigenvalue weighted by Gasteiger charge is -2.37. The van der Waals surface area contributed by atoms with Gasteiger partial charge in [-0.1, -0.05) is 130 Å². The Morgan fingerprint density at radius 1 is 0.500 bits per heavy atom. The molecule has 0 spiro atoms. The summed E-state index contributed by atoms with van der Waals surface area (Å²) in [4.78, 5) is 0. The molecule has 3 heteroatoms. The molecule has 0 radical (unpaired) electrons. The van der Waals surface area contributed by atoms with E-state index in [0.717, 1.165) is 11.1 Å². The Kier molecular flexibility index (Phi) is 27.7. The second kappa shape index (κ2) is 25.8. The maximum absolute atomic E-state index is 6.36. The van der Waals surface area contributed by atoms with Crippen molar-refractivity contribution in [3.8, 4) is 0 Å². The number of hydrogen-bond acceptors (Lipinski definition) is 1. The second-order valence-electron chi connectivity index (χ2n) is 10.6. The van der Waals surface area contributed by atoms with Crippen LogP contribution in [0.2, 0.25) is 0 Å². The van der Waals surface area contributed by atoms with Gasteiger partial charge in [0.1, 0.15) is 0 Å². The van der Waals surface area contributed by atoms with Crippen molar-refractivity contribution in [3.63, 3.8) is 0 Å². The highest BCUT2D eigenvalue weighted by molar-refractivity contribution is 4.53. The Labute approximate surface area is 210 Å². The maximum atomic E-state index is 6.36. The van der Waals surface area contributed by atoms with Crippen molar-refractivity contribution in [2.45, 2.75) is 162 Å². The molecule has 0 amide bonds. The third-order valence-electron chi connectivity index (χ3n) is 6.94. The van der Waals surface area contributed by atoms with Crippen molar-refractivity contribution in [1.29, 1.82) is 0 Å². The van der Waals surface area contributed by atoms with Crippen LogP contribution in [0.4, 0.5) is 0 Å². The van der Waals surface area contributed by atoms with Gasteiger partial charge in [0.25, 0.3) is 0 Å². The fourth-order valence-electron chi connectivity index (χ4n) is 4.79. The summed E-state index contributed by atoms with van der Waals surface area (Å²) < 4.78 is 7.39. The highest BCUT2D eigenvalue weighted by Crippen LogP contribution is 2.19. The van der Waals surface area contributed by atoms with Crippen LogP contribution < -0.4 is 12.4 Å². The minimum atomic E-state index is 0. The van der Waals surface area contributed by atoms with Crippen molar-refractivity contribution >= 4 is 0 Å². The molecule has 0 aromatic heterocycles. The number of nitrogens with zero attached hydrogens (tertiary/aromatic N) is 1. The summed E-state index contributed by atoms with van der Waals surface area (Å²) in [6.45, 7) is 9.03. The van der Waals surface area contributed by atoms with Crippen molar-refractivity contribution < 1.29 is 21.6 Å². The average molecular weight is 476 g/mol. The van der Waals surface area contributed by atoms with Crippen LogP contribution in [0.3, 0.4) is 0 Å². The second-order valence-corrected chi connectivity index (χ2v) is 10.6. The fourth-order valence-corrected chi connectivity index (χ4v) is 4.79. The lowest BCUT2D eigenvalue weighted by molar-refractivity contribution is -0.938. The van der Waals surface area contributed by atoms with Gasteiger partial charge in [0, 0.05) is 6.42 Å². The predicted molar refractivity (Wildman–Crippen MR) is 141 cm³/mol. The lowest BCUT2D eigenvalue weighted by Crippen LogP contribution is -3.00. The molecule has 0 aromatic carbocycles. The summed E-state index contributed by atoms with van der Waals surface area (Å²) in [7, 11) is 4.72. The lowest BCUT2D eigenvalue weighted by atomic mass is 10.0. The molecule has 0 saturated carbocycles. The monoisotopic (exact) mass is 475 g/mol. The minimum absolute atomic E-state index is 0. The normalized spacial score (nSPS) is 12.7. The zero-order valence-electron chi connectivity index (χ0n) is 23.1. The first-order valence-corrected chi connectivity index (χ1v) is 14.5. The van der Waals surface area contributed by atoms with Gasteiger partial charge < -0.3 is 21.6 Å². The van der Waals surface area contributed by atoms with E-state index in [1.165, 1.54) is 141 Å². The van der Waals surface area contributed by atoms with Gasteiger partial charge in [0.05, 0.1) is 27.2 Å². The van der Waals surface area contributed by atoms with Crippen LogP contribution in [-0.4, -0.2) is 38.0 Å². The standard InChI is InChI=1S/C29H62NO.ClH/c1-6-9-11-12-13-14-15-16-17-18-19-20-21-22-23-24-26-29(30(4,5)27-8-3)31-28-25-10-7-2;/h29H,6-28H2,1-5H3;1H/q+1;/p-1. The van der Waals surface area contributed by atoms with Gasteiger partial charge in [-0.2, -0.15) is 0 Å². The van der Waals surface area contributed by atoms with E-state index in [-0.39, 0.29) is 12.4 Å². The third kappa shape index (κ3) is 22.0. The quantitative estimate of drug-likeness (QED) is 0.0814. The molecular weight excluding hydrogens is 414 g/mol. The van der Waals surface area contributed by atoms with Crippen molar-refractivity contribution in [1.82, 2.24) is 0 Å². The van der Waals surface area contributed by atoms with Crippen molar-refractivity contribution in [2.75, 3.05) is 27.2 Å². The Hall–Kier alpha value is 0.210. The zero-order chi connectivity index (χ0) is 23.0. The Morgan fingerprint density at radius 3 is 1.28 bits per heavy atom. The van der Waals surface area contributed by atoms with E-state index in [1.807, 2.05) is 0 Å². The van der Waals surface area contributed by atoms with Crippen LogP contribution in [0.15, 0.2) is 0 Å². The van der Waals surface area contributed by atoms with E-state index >= 15 is 0 Å². The molecular formula is C29H62ClNO. The number of quaternary nitrogens is 1. The smallest absolute Gasteiger partial charge is 0.192 e. The summed E-state index contributed by atoms with van der Waals surface area (Å²) in [6, 6.07) is 0. The molecule has 1 unspecified atom stereocenters. The van der Waals surface area contributed by atoms with Gasteiger partial charge in [0.2, 0.25) is 0 Å². The van der Waals surface area contributed by atoms with Gasteiger partial charge in [0.15, 0.2) is 6.23 Å². The summed E-state index contributed by atoms with van der Waals surface area (Å²) in [6.07, 6.45) is 29.7. The number of halogens is 1.